The van der Waals surface area contributed by atoms with E-state index < -0.39 is 56.5 Å². The first kappa shape index (κ1) is 54.6. The molecule has 20 nitrogen and oxygen atoms in total. The van der Waals surface area contributed by atoms with Gasteiger partial charge in [-0.3, -0.25) is 4.90 Å². The normalized spacial score (nSPS) is 11.9. The molecule has 0 saturated carbocycles. The second kappa shape index (κ2) is 23.1. The number of aliphatic hydroxyl groups excluding tert-OH is 3. The average molecular weight is 869 g/mol. The van der Waals surface area contributed by atoms with Crippen LogP contribution in [0.5, 0.6) is 11.5 Å². The zero-order chi connectivity index (χ0) is 42.3. The van der Waals surface area contributed by atoms with Crippen molar-refractivity contribution in [3.63, 3.8) is 0 Å². The van der Waals surface area contributed by atoms with Gasteiger partial charge in [-0.15, -0.1) is 10.2 Å². The Bertz CT molecular complexity index is 2700. The quantitative estimate of drug-likeness (QED) is 0.0301. The number of fused-ring (bicyclic) bond motifs is 2. The Hall–Kier alpha value is -3.42. The molecular formula is C34H35Li3N6O14S3. The summed E-state index contributed by atoms with van der Waals surface area (Å²) in [5.74, 6) is -0.548. The van der Waals surface area contributed by atoms with Gasteiger partial charge >= 0.3 is 56.6 Å². The van der Waals surface area contributed by atoms with Crippen LogP contribution in [0.3, 0.4) is 0 Å². The summed E-state index contributed by atoms with van der Waals surface area (Å²) in [6.07, 6.45) is 0. The first-order chi connectivity index (χ1) is 26.7. The summed E-state index contributed by atoms with van der Waals surface area (Å²) in [6, 6.07) is 13.3. The standard InChI is InChI=1S/C28H23N5O11S3.C6H15NO3.3Li/c1-14-7-23(32-33-27-26(47(41,42)43)10-16-8-17(29)4-6-20(16)28(27)34)24(44-2)13-22(14)31-30-18-5-3-15-9-19(45(35,36)37)12-25(21(15)11-18)46(38,39)40;8-4-1-7(2-5-9)3-6-10;;;/h3-13,34H,29H2,1-2H3,(H,35,36,37)(H,38,39,40)(H,41,42,43);8-10H,1-6H2;;;/q;;3*+1/p-3. The fourth-order valence-electron chi connectivity index (χ4n) is 5.34. The van der Waals surface area contributed by atoms with E-state index in [1.165, 1.54) is 55.6 Å². The van der Waals surface area contributed by atoms with Gasteiger partial charge in [0.25, 0.3) is 0 Å². The maximum Gasteiger partial charge on any atom is 1.00 e. The molecule has 0 atom stereocenters. The fraction of sp³-hybridized carbons (Fsp3) is 0.235. The number of nitrogen functional groups attached to an aromatic ring is 1. The molecule has 0 amide bonds. The van der Waals surface area contributed by atoms with E-state index in [4.69, 9.17) is 25.8 Å². The summed E-state index contributed by atoms with van der Waals surface area (Å²) in [5.41, 5.74) is 6.18. The monoisotopic (exact) mass is 868 g/mol. The van der Waals surface area contributed by atoms with Crippen molar-refractivity contribution < 1.29 is 121 Å². The van der Waals surface area contributed by atoms with Crippen LogP contribution in [0.2, 0.25) is 0 Å². The van der Waals surface area contributed by atoms with E-state index >= 15 is 0 Å². The molecule has 5 rings (SSSR count). The molecule has 0 radical (unpaired) electrons. The first-order valence-electron chi connectivity index (χ1n) is 16.3. The van der Waals surface area contributed by atoms with E-state index in [1.54, 1.807) is 11.8 Å². The number of benzene rings is 5. The van der Waals surface area contributed by atoms with Crippen molar-refractivity contribution in [2.24, 2.45) is 20.5 Å². The van der Waals surface area contributed by atoms with Crippen LogP contribution in [-0.4, -0.2) is 111 Å². The minimum Gasteiger partial charge on any atom is -0.744 e. The smallest absolute Gasteiger partial charge is 0.744 e. The minimum atomic E-state index is -5.20. The van der Waals surface area contributed by atoms with E-state index in [-0.39, 0.29) is 126 Å². The van der Waals surface area contributed by atoms with E-state index in [9.17, 15) is 44.0 Å². The predicted molar refractivity (Wildman–Crippen MR) is 202 cm³/mol. The van der Waals surface area contributed by atoms with E-state index in [2.05, 4.69) is 20.5 Å². The second-order valence-corrected chi connectivity index (χ2v) is 16.0. The predicted octanol–water partition coefficient (Wildman–Crippen LogP) is -5.58. The van der Waals surface area contributed by atoms with Gasteiger partial charge in [0.15, 0.2) is 5.75 Å². The number of anilines is 1. The number of aryl methyl sites for hydroxylation is 1. The largest absolute Gasteiger partial charge is 1.00 e. The number of hydrogen-bond donors (Lipinski definition) is 5. The molecule has 26 heteroatoms. The number of phenols is 1. The van der Waals surface area contributed by atoms with E-state index in [0.717, 1.165) is 12.1 Å². The molecule has 0 aromatic heterocycles. The Kier molecular flexibility index (Phi) is 21.1. The molecule has 0 unspecified atom stereocenters. The van der Waals surface area contributed by atoms with Gasteiger partial charge < -0.3 is 44.6 Å². The van der Waals surface area contributed by atoms with Gasteiger partial charge in [-0.05, 0) is 77.9 Å². The minimum absolute atomic E-state index is 0. The molecule has 6 N–H and O–H groups in total. The van der Waals surface area contributed by atoms with Crippen LogP contribution in [0.15, 0.2) is 102 Å². The summed E-state index contributed by atoms with van der Waals surface area (Å²) in [7, 11) is -14.1. The van der Waals surface area contributed by atoms with Crippen molar-refractivity contribution >= 4 is 80.3 Å². The Morgan fingerprint density at radius 2 is 1.23 bits per heavy atom. The van der Waals surface area contributed by atoms with Gasteiger partial charge in [-0.2, -0.15) is 10.2 Å². The average Bonchev–Trinajstić information content (AvgIpc) is 3.12. The summed E-state index contributed by atoms with van der Waals surface area (Å²) >= 11 is 0. The van der Waals surface area contributed by atoms with Crippen molar-refractivity contribution in [1.29, 1.82) is 0 Å². The third kappa shape index (κ3) is 14.1. The number of hydrogen-bond acceptors (Lipinski definition) is 20. The first-order valence-corrected chi connectivity index (χ1v) is 20.5. The molecule has 0 aliphatic rings. The number of rotatable bonds is 14. The maximum atomic E-state index is 12.0. The molecule has 0 saturated heterocycles. The SMILES string of the molecule is COc1cc(N=Nc2ccc3cc(S(=O)(=O)[O-])cc(S(=O)(=O)[O-])c3c2)c(C)cc1N=Nc1c(S(=O)(=O)[O-])cc2cc(N)ccc2c1O.OCCN(CCO)CCO.[Li+].[Li+].[Li+]. The topological polar surface area (TPSA) is 340 Å². The van der Waals surface area contributed by atoms with Crippen LogP contribution in [0.4, 0.5) is 28.4 Å². The van der Waals surface area contributed by atoms with Gasteiger partial charge in [0.2, 0.25) is 0 Å². The molecule has 0 fully saturated rings. The number of aromatic hydroxyl groups is 1. The van der Waals surface area contributed by atoms with Crippen molar-refractivity contribution in [2.75, 3.05) is 52.3 Å². The molecule has 0 aliphatic carbocycles. The Labute approximate surface area is 381 Å². The summed E-state index contributed by atoms with van der Waals surface area (Å²) < 4.78 is 111. The summed E-state index contributed by atoms with van der Waals surface area (Å²) in [4.78, 5) is -0.851. The van der Waals surface area contributed by atoms with Crippen LogP contribution in [0.1, 0.15) is 5.56 Å². The van der Waals surface area contributed by atoms with Gasteiger partial charge in [0, 0.05) is 42.2 Å². The Balaban J connectivity index is 0.00000123. The Morgan fingerprint density at radius 1 is 0.650 bits per heavy atom. The third-order valence-electron chi connectivity index (χ3n) is 8.05. The molecule has 0 aliphatic heterocycles. The Morgan fingerprint density at radius 3 is 1.77 bits per heavy atom. The third-order valence-corrected chi connectivity index (χ3v) is 10.6. The van der Waals surface area contributed by atoms with Crippen LogP contribution in [0.25, 0.3) is 21.5 Å². The van der Waals surface area contributed by atoms with Gasteiger partial charge in [0.05, 0.1) is 53.0 Å². The van der Waals surface area contributed by atoms with Crippen LogP contribution >= 0.6 is 0 Å². The maximum absolute atomic E-state index is 12.0. The van der Waals surface area contributed by atoms with E-state index in [0.29, 0.717) is 31.3 Å². The fourth-order valence-corrected chi connectivity index (χ4v) is 7.31. The van der Waals surface area contributed by atoms with Crippen molar-refractivity contribution in [2.45, 2.75) is 21.6 Å². The van der Waals surface area contributed by atoms with Crippen LogP contribution < -0.4 is 67.1 Å². The molecule has 60 heavy (non-hydrogen) atoms. The molecule has 5 aromatic carbocycles. The van der Waals surface area contributed by atoms with Gasteiger partial charge in [-0.1, -0.05) is 6.07 Å². The molecule has 5 aromatic rings. The number of aliphatic hydroxyl groups is 3. The number of nitrogens with two attached hydrogens (primary N) is 1. The molecular weight excluding hydrogens is 833 g/mol. The number of phenolic OH excluding ortho intramolecular Hbond substituents is 1. The zero-order valence-electron chi connectivity index (χ0n) is 33.0. The summed E-state index contributed by atoms with van der Waals surface area (Å²) in [6.45, 7) is 3.36. The molecule has 0 bridgehead atoms. The van der Waals surface area contributed by atoms with Crippen LogP contribution in [0, 0.1) is 6.92 Å². The van der Waals surface area contributed by atoms with Gasteiger partial charge in [-0.25, -0.2) is 25.3 Å². The summed E-state index contributed by atoms with van der Waals surface area (Å²) in [5, 5.41) is 52.5. The number of azo groups is 2. The number of ether oxygens (including phenoxy) is 1. The second-order valence-electron chi connectivity index (χ2n) is 12.0. The van der Waals surface area contributed by atoms with E-state index in [1.807, 2.05) is 0 Å². The van der Waals surface area contributed by atoms with Gasteiger partial charge in [0.1, 0.15) is 47.5 Å². The molecule has 0 spiro atoms. The molecule has 0 heterocycles. The number of methoxy groups -OCH3 is 1. The van der Waals surface area contributed by atoms with Crippen molar-refractivity contribution in [1.82, 2.24) is 4.90 Å². The molecule has 306 valence electrons. The van der Waals surface area contributed by atoms with Crippen molar-refractivity contribution in [3.8, 4) is 11.5 Å². The zero-order valence-corrected chi connectivity index (χ0v) is 35.5. The van der Waals surface area contributed by atoms with Crippen LogP contribution in [-0.2, 0) is 30.4 Å². The number of nitrogens with zero attached hydrogens (tertiary/aromatic N) is 5. The van der Waals surface area contributed by atoms with Crippen molar-refractivity contribution in [3.05, 3.63) is 72.3 Å².